The van der Waals surface area contributed by atoms with Gasteiger partial charge in [0.25, 0.3) is 5.91 Å². The Bertz CT molecular complexity index is 388. The minimum absolute atomic E-state index is 0.124. The highest BCUT2D eigenvalue weighted by Gasteiger charge is 2.24. The first-order valence-electron chi connectivity index (χ1n) is 5.42. The Hall–Kier alpha value is -0.620. The summed E-state index contributed by atoms with van der Waals surface area (Å²) in [6, 6.07) is 8.06. The number of nitrogens with zero attached hydrogens (tertiary/aromatic N) is 1. The molecule has 1 atom stereocenters. The van der Waals surface area contributed by atoms with Crippen LogP contribution in [0.5, 0.6) is 0 Å². The van der Waals surface area contributed by atoms with E-state index in [2.05, 4.69) is 27.9 Å². The van der Waals surface area contributed by atoms with Gasteiger partial charge in [-0.3, -0.25) is 4.79 Å². The predicted molar refractivity (Wildman–Crippen MR) is 72.5 cm³/mol. The van der Waals surface area contributed by atoms with Crippen LogP contribution < -0.4 is 5.32 Å². The van der Waals surface area contributed by atoms with E-state index in [1.165, 1.54) is 0 Å². The minimum Gasteiger partial charge on any atom is -0.337 e. The van der Waals surface area contributed by atoms with E-state index in [1.54, 1.807) is 0 Å². The number of nitrogens with one attached hydrogen (secondary N) is 1. The average Bonchev–Trinajstić information content (AvgIpc) is 2.81. The maximum Gasteiger partial charge on any atom is 0.254 e. The van der Waals surface area contributed by atoms with Gasteiger partial charge in [0.1, 0.15) is 0 Å². The van der Waals surface area contributed by atoms with Gasteiger partial charge in [0.15, 0.2) is 0 Å². The molecule has 1 fully saturated rings. The molecule has 3 nitrogen and oxygen atoms in total. The second kappa shape index (κ2) is 5.14. The summed E-state index contributed by atoms with van der Waals surface area (Å²) in [5.74, 6) is 0.124. The Labute approximate surface area is 109 Å². The quantitative estimate of drug-likeness (QED) is 0.838. The molecule has 1 aromatic rings. The van der Waals surface area contributed by atoms with Gasteiger partial charge in [0.2, 0.25) is 0 Å². The molecule has 0 saturated carbocycles. The van der Waals surface area contributed by atoms with Crippen molar-refractivity contribution in [2.24, 2.45) is 0 Å². The first-order valence-corrected chi connectivity index (χ1v) is 6.50. The number of rotatable bonds is 2. The molecule has 1 aliphatic heterocycles. The van der Waals surface area contributed by atoms with Gasteiger partial charge in [0.05, 0.1) is 5.56 Å². The normalized spacial score (nSPS) is 19.8. The minimum atomic E-state index is 0.124. The Morgan fingerprint density at radius 3 is 2.88 bits per heavy atom. The lowest BCUT2D eigenvalue weighted by Crippen LogP contribution is -2.38. The van der Waals surface area contributed by atoms with Crippen LogP contribution in [0.2, 0.25) is 0 Å². The summed E-state index contributed by atoms with van der Waals surface area (Å²) in [7, 11) is 1.89. The average molecular weight is 330 g/mol. The molecular formula is C12H15IN2O. The molecule has 1 aliphatic rings. The molecule has 0 aliphatic carbocycles. The Kier molecular flexibility index (Phi) is 3.81. The van der Waals surface area contributed by atoms with Crippen molar-refractivity contribution in [2.75, 3.05) is 20.1 Å². The Morgan fingerprint density at radius 2 is 2.25 bits per heavy atom. The number of hydrogen-bond acceptors (Lipinski definition) is 2. The molecule has 2 rings (SSSR count). The van der Waals surface area contributed by atoms with Crippen LogP contribution in [-0.4, -0.2) is 37.0 Å². The molecule has 16 heavy (non-hydrogen) atoms. The van der Waals surface area contributed by atoms with Gasteiger partial charge in [-0.15, -0.1) is 0 Å². The lowest BCUT2D eigenvalue weighted by molar-refractivity contribution is 0.0742. The van der Waals surface area contributed by atoms with Crippen molar-refractivity contribution in [1.82, 2.24) is 10.2 Å². The van der Waals surface area contributed by atoms with Crippen LogP contribution >= 0.6 is 22.6 Å². The highest BCUT2D eigenvalue weighted by Crippen LogP contribution is 2.16. The molecule has 1 saturated heterocycles. The highest BCUT2D eigenvalue weighted by molar-refractivity contribution is 14.1. The lowest BCUT2D eigenvalue weighted by Gasteiger charge is -2.24. The van der Waals surface area contributed by atoms with Crippen LogP contribution in [0.25, 0.3) is 0 Å². The summed E-state index contributed by atoms with van der Waals surface area (Å²) < 4.78 is 1.02. The standard InChI is InChI=1S/C12H15IN2O/c1-15(9-6-7-14-8-9)12(16)10-4-2-3-5-11(10)13/h2-5,9,14H,6-8H2,1H3/t9-/m0/s1. The fourth-order valence-corrected chi connectivity index (χ4v) is 2.58. The van der Waals surface area contributed by atoms with Gasteiger partial charge < -0.3 is 10.2 Å². The van der Waals surface area contributed by atoms with Gasteiger partial charge in [-0.1, -0.05) is 12.1 Å². The number of hydrogen-bond donors (Lipinski definition) is 1. The number of carbonyl (C=O) groups excluding carboxylic acids is 1. The number of likely N-dealkylation sites (N-methyl/N-ethyl adjacent to an activating group) is 1. The molecule has 1 heterocycles. The lowest BCUT2D eigenvalue weighted by atomic mass is 10.1. The number of carbonyl (C=O) groups is 1. The van der Waals surface area contributed by atoms with Crippen molar-refractivity contribution >= 4 is 28.5 Å². The fourth-order valence-electron chi connectivity index (χ4n) is 1.96. The van der Waals surface area contributed by atoms with Crippen LogP contribution in [0.1, 0.15) is 16.8 Å². The van der Waals surface area contributed by atoms with Crippen molar-refractivity contribution in [3.8, 4) is 0 Å². The van der Waals surface area contributed by atoms with E-state index in [-0.39, 0.29) is 5.91 Å². The molecule has 1 aromatic carbocycles. The van der Waals surface area contributed by atoms with Crippen LogP contribution in [0.3, 0.4) is 0 Å². The largest absolute Gasteiger partial charge is 0.337 e. The van der Waals surface area contributed by atoms with Crippen molar-refractivity contribution in [3.63, 3.8) is 0 Å². The smallest absolute Gasteiger partial charge is 0.254 e. The Morgan fingerprint density at radius 1 is 1.50 bits per heavy atom. The molecular weight excluding hydrogens is 315 g/mol. The summed E-state index contributed by atoms with van der Waals surface area (Å²) in [4.78, 5) is 14.1. The monoisotopic (exact) mass is 330 g/mol. The zero-order valence-corrected chi connectivity index (χ0v) is 11.4. The van der Waals surface area contributed by atoms with Gasteiger partial charge in [-0.05, 0) is 47.7 Å². The molecule has 4 heteroatoms. The molecule has 1 N–H and O–H groups in total. The maximum absolute atomic E-state index is 12.2. The second-order valence-corrected chi connectivity index (χ2v) is 5.20. The van der Waals surface area contributed by atoms with Crippen molar-refractivity contribution in [2.45, 2.75) is 12.5 Å². The summed E-state index contributed by atoms with van der Waals surface area (Å²) in [6.07, 6.45) is 1.05. The van der Waals surface area contributed by atoms with Crippen molar-refractivity contribution in [1.29, 1.82) is 0 Å². The van der Waals surface area contributed by atoms with Gasteiger partial charge in [-0.2, -0.15) is 0 Å². The SMILES string of the molecule is CN(C(=O)c1ccccc1I)[C@H]1CCNC1. The van der Waals surface area contributed by atoms with E-state index < -0.39 is 0 Å². The zero-order valence-electron chi connectivity index (χ0n) is 9.24. The van der Waals surface area contributed by atoms with E-state index in [4.69, 9.17) is 0 Å². The molecule has 0 radical (unpaired) electrons. The number of benzene rings is 1. The summed E-state index contributed by atoms with van der Waals surface area (Å²) in [5, 5.41) is 3.28. The maximum atomic E-state index is 12.2. The number of amides is 1. The summed E-state index contributed by atoms with van der Waals surface area (Å²) >= 11 is 2.21. The predicted octanol–water partition coefficient (Wildman–Crippen LogP) is 1.73. The summed E-state index contributed by atoms with van der Waals surface area (Å²) in [6.45, 7) is 1.92. The van der Waals surface area contributed by atoms with Crippen LogP contribution in [0, 0.1) is 3.57 Å². The first-order chi connectivity index (χ1) is 7.70. The van der Waals surface area contributed by atoms with E-state index >= 15 is 0 Å². The topological polar surface area (TPSA) is 32.3 Å². The fraction of sp³-hybridized carbons (Fsp3) is 0.417. The van der Waals surface area contributed by atoms with E-state index in [9.17, 15) is 4.79 Å². The van der Waals surface area contributed by atoms with Gasteiger partial charge >= 0.3 is 0 Å². The van der Waals surface area contributed by atoms with Crippen LogP contribution in [-0.2, 0) is 0 Å². The number of halogens is 1. The van der Waals surface area contributed by atoms with Crippen molar-refractivity contribution in [3.05, 3.63) is 33.4 Å². The highest BCUT2D eigenvalue weighted by atomic mass is 127. The van der Waals surface area contributed by atoms with Crippen LogP contribution in [0.15, 0.2) is 24.3 Å². The molecule has 0 spiro atoms. The molecule has 1 amide bonds. The third kappa shape index (κ3) is 2.38. The molecule has 0 bridgehead atoms. The van der Waals surface area contributed by atoms with Gasteiger partial charge in [-0.25, -0.2) is 0 Å². The summed E-state index contributed by atoms with van der Waals surface area (Å²) in [5.41, 5.74) is 0.803. The first kappa shape index (κ1) is 11.9. The zero-order chi connectivity index (χ0) is 11.5. The van der Waals surface area contributed by atoms with E-state index in [1.807, 2.05) is 36.2 Å². The third-order valence-corrected chi connectivity index (χ3v) is 3.95. The van der Waals surface area contributed by atoms with E-state index in [0.717, 1.165) is 28.6 Å². The van der Waals surface area contributed by atoms with Crippen LogP contribution in [0.4, 0.5) is 0 Å². The third-order valence-electron chi connectivity index (χ3n) is 3.01. The van der Waals surface area contributed by atoms with E-state index in [0.29, 0.717) is 6.04 Å². The molecule has 0 unspecified atom stereocenters. The van der Waals surface area contributed by atoms with Gasteiger partial charge in [0, 0.05) is 23.2 Å². The molecule has 0 aromatic heterocycles. The second-order valence-electron chi connectivity index (χ2n) is 4.04. The Balaban J connectivity index is 2.15. The molecule has 86 valence electrons. The van der Waals surface area contributed by atoms with Crippen molar-refractivity contribution < 1.29 is 4.79 Å².